The number of pyridine rings is 1. The van der Waals surface area contributed by atoms with Gasteiger partial charge in [0.2, 0.25) is 0 Å². The van der Waals surface area contributed by atoms with Gasteiger partial charge in [0, 0.05) is 11.9 Å². The number of rotatable bonds is 0. The first-order chi connectivity index (χ1) is 7.88. The monoisotopic (exact) mass is 232 g/mol. The number of fused-ring (bicyclic) bond motifs is 1. The van der Waals surface area contributed by atoms with Crippen LogP contribution in [0, 0.1) is 6.92 Å². The Balaban J connectivity index is 2.48. The van der Waals surface area contributed by atoms with Crippen molar-refractivity contribution in [2.45, 2.75) is 33.3 Å². The Kier molecular flexibility index (Phi) is 2.65. The second-order valence-electron chi connectivity index (χ2n) is 5.01. The van der Waals surface area contributed by atoms with Gasteiger partial charge in [-0.05, 0) is 45.9 Å². The summed E-state index contributed by atoms with van der Waals surface area (Å²) in [4.78, 5) is 16.3. The Morgan fingerprint density at radius 3 is 2.76 bits per heavy atom. The lowest BCUT2D eigenvalue weighted by molar-refractivity contribution is 0.0541. The molecule has 0 aliphatic heterocycles. The lowest BCUT2D eigenvalue weighted by Crippen LogP contribution is -2.27. The van der Waals surface area contributed by atoms with E-state index in [4.69, 9.17) is 4.74 Å². The minimum Gasteiger partial charge on any atom is -0.443 e. The maximum atomic E-state index is 12.1. The molecule has 0 bridgehead atoms. The summed E-state index contributed by atoms with van der Waals surface area (Å²) >= 11 is 0. The molecule has 0 radical (unpaired) electrons. The van der Waals surface area contributed by atoms with E-state index in [1.165, 1.54) is 0 Å². The van der Waals surface area contributed by atoms with Crippen LogP contribution < -0.4 is 0 Å². The van der Waals surface area contributed by atoms with E-state index in [-0.39, 0.29) is 6.09 Å². The zero-order valence-corrected chi connectivity index (χ0v) is 10.5. The van der Waals surface area contributed by atoms with Gasteiger partial charge in [0.1, 0.15) is 5.60 Å². The van der Waals surface area contributed by atoms with Crippen molar-refractivity contribution in [1.29, 1.82) is 0 Å². The van der Waals surface area contributed by atoms with Crippen molar-refractivity contribution in [2.24, 2.45) is 0 Å². The van der Waals surface area contributed by atoms with Gasteiger partial charge in [-0.1, -0.05) is 0 Å². The number of aromatic nitrogens is 2. The molecule has 0 aliphatic rings. The van der Waals surface area contributed by atoms with Crippen molar-refractivity contribution in [3.05, 3.63) is 30.1 Å². The summed E-state index contributed by atoms with van der Waals surface area (Å²) in [6.07, 6.45) is 1.35. The highest BCUT2D eigenvalue weighted by Crippen LogP contribution is 2.19. The number of ether oxygens (including phenoxy) is 1. The first-order valence-electron chi connectivity index (χ1n) is 5.55. The highest BCUT2D eigenvalue weighted by Gasteiger charge is 2.20. The van der Waals surface area contributed by atoms with E-state index >= 15 is 0 Å². The summed E-state index contributed by atoms with van der Waals surface area (Å²) in [6.45, 7) is 7.42. The molecular formula is C13H16N2O2. The molecular weight excluding hydrogens is 216 g/mol. The molecule has 17 heavy (non-hydrogen) atoms. The van der Waals surface area contributed by atoms with E-state index in [0.717, 1.165) is 16.7 Å². The second kappa shape index (κ2) is 3.87. The fourth-order valence-corrected chi connectivity index (χ4v) is 1.71. The summed E-state index contributed by atoms with van der Waals surface area (Å²) in [6, 6.07) is 5.54. The molecule has 0 N–H and O–H groups in total. The molecule has 0 spiro atoms. The Morgan fingerprint density at radius 1 is 1.41 bits per heavy atom. The summed E-state index contributed by atoms with van der Waals surface area (Å²) in [5.41, 5.74) is 1.91. The second-order valence-corrected chi connectivity index (χ2v) is 5.01. The fraction of sp³-hybridized carbons (Fsp3) is 0.385. The van der Waals surface area contributed by atoms with Gasteiger partial charge in [0.15, 0.2) is 0 Å². The van der Waals surface area contributed by atoms with Gasteiger partial charge in [-0.3, -0.25) is 4.98 Å². The molecule has 0 amide bonds. The minimum atomic E-state index is -0.498. The van der Waals surface area contributed by atoms with Crippen LogP contribution in [0.15, 0.2) is 24.4 Å². The van der Waals surface area contributed by atoms with Crippen LogP contribution in [-0.4, -0.2) is 21.2 Å². The van der Waals surface area contributed by atoms with E-state index in [2.05, 4.69) is 4.98 Å². The lowest BCUT2D eigenvalue weighted by atomic mass is 10.2. The maximum Gasteiger partial charge on any atom is 0.419 e. The molecule has 4 heteroatoms. The molecule has 90 valence electrons. The van der Waals surface area contributed by atoms with E-state index < -0.39 is 5.60 Å². The van der Waals surface area contributed by atoms with Crippen LogP contribution in [0.3, 0.4) is 0 Å². The van der Waals surface area contributed by atoms with Gasteiger partial charge in [-0.15, -0.1) is 0 Å². The lowest BCUT2D eigenvalue weighted by Gasteiger charge is -2.20. The fourth-order valence-electron chi connectivity index (χ4n) is 1.71. The third-order valence-electron chi connectivity index (χ3n) is 2.33. The average molecular weight is 232 g/mol. The Morgan fingerprint density at radius 2 is 2.12 bits per heavy atom. The van der Waals surface area contributed by atoms with Crippen LogP contribution in [0.5, 0.6) is 0 Å². The summed E-state index contributed by atoms with van der Waals surface area (Å²) < 4.78 is 6.92. The van der Waals surface area contributed by atoms with Gasteiger partial charge in [0.05, 0.1) is 11.0 Å². The van der Waals surface area contributed by atoms with Crippen molar-refractivity contribution in [3.8, 4) is 0 Å². The molecule has 0 saturated carbocycles. The molecule has 0 aliphatic carbocycles. The number of hydrogen-bond acceptors (Lipinski definition) is 3. The number of hydrogen-bond donors (Lipinski definition) is 0. The van der Waals surface area contributed by atoms with Gasteiger partial charge < -0.3 is 4.74 Å². The molecule has 0 fully saturated rings. The smallest absolute Gasteiger partial charge is 0.419 e. The zero-order chi connectivity index (χ0) is 12.6. The first-order valence-corrected chi connectivity index (χ1v) is 5.55. The molecule has 0 atom stereocenters. The number of carbonyl (C=O) groups excluding carboxylic acids is 1. The van der Waals surface area contributed by atoms with Crippen LogP contribution in [-0.2, 0) is 4.74 Å². The van der Waals surface area contributed by atoms with Crippen molar-refractivity contribution in [3.63, 3.8) is 0 Å². The molecule has 2 heterocycles. The van der Waals surface area contributed by atoms with E-state index in [0.29, 0.717) is 0 Å². The van der Waals surface area contributed by atoms with E-state index in [9.17, 15) is 4.79 Å². The average Bonchev–Trinajstić information content (AvgIpc) is 2.50. The van der Waals surface area contributed by atoms with Crippen LogP contribution in [0.25, 0.3) is 11.0 Å². The Hall–Kier alpha value is -1.84. The van der Waals surface area contributed by atoms with Gasteiger partial charge in [-0.2, -0.15) is 0 Å². The minimum absolute atomic E-state index is 0.363. The molecule has 4 nitrogen and oxygen atoms in total. The SMILES string of the molecule is Cc1cc2ncccc2n1C(=O)OC(C)(C)C. The topological polar surface area (TPSA) is 44.1 Å². The van der Waals surface area contributed by atoms with Crippen molar-refractivity contribution in [1.82, 2.24) is 9.55 Å². The molecule has 0 aromatic carbocycles. The van der Waals surface area contributed by atoms with E-state index in [1.807, 2.05) is 45.9 Å². The van der Waals surface area contributed by atoms with Crippen molar-refractivity contribution < 1.29 is 9.53 Å². The molecule has 0 unspecified atom stereocenters. The number of aryl methyl sites for hydroxylation is 1. The number of carbonyl (C=O) groups is 1. The summed E-state index contributed by atoms with van der Waals surface area (Å²) in [5.74, 6) is 0. The normalized spacial score (nSPS) is 11.8. The van der Waals surface area contributed by atoms with Crippen LogP contribution >= 0.6 is 0 Å². The standard InChI is InChI=1S/C13H16N2O2/c1-9-8-10-11(6-5-7-14-10)15(9)12(16)17-13(2,3)4/h5-8H,1-4H3. The van der Waals surface area contributed by atoms with Gasteiger partial charge in [0.25, 0.3) is 0 Å². The quantitative estimate of drug-likeness (QED) is 0.701. The predicted octanol–water partition coefficient (Wildman–Crippen LogP) is 3.13. The largest absolute Gasteiger partial charge is 0.443 e. The molecule has 2 aromatic rings. The van der Waals surface area contributed by atoms with Gasteiger partial charge in [-0.25, -0.2) is 9.36 Å². The summed E-state index contributed by atoms with van der Waals surface area (Å²) in [5, 5.41) is 0. The Bertz CT molecular complexity index is 564. The van der Waals surface area contributed by atoms with Crippen LogP contribution in [0.4, 0.5) is 4.79 Å². The van der Waals surface area contributed by atoms with Crippen LogP contribution in [0.2, 0.25) is 0 Å². The van der Waals surface area contributed by atoms with Crippen molar-refractivity contribution >= 4 is 17.1 Å². The first kappa shape index (κ1) is 11.6. The maximum absolute atomic E-state index is 12.1. The zero-order valence-electron chi connectivity index (χ0n) is 10.5. The van der Waals surface area contributed by atoms with E-state index in [1.54, 1.807) is 10.8 Å². The molecule has 2 rings (SSSR count). The summed E-state index contributed by atoms with van der Waals surface area (Å²) in [7, 11) is 0. The third kappa shape index (κ3) is 2.30. The number of nitrogens with zero attached hydrogens (tertiary/aromatic N) is 2. The highest BCUT2D eigenvalue weighted by molar-refractivity contribution is 5.88. The van der Waals surface area contributed by atoms with Gasteiger partial charge >= 0.3 is 6.09 Å². The van der Waals surface area contributed by atoms with Crippen LogP contribution in [0.1, 0.15) is 26.5 Å². The molecule has 2 aromatic heterocycles. The highest BCUT2D eigenvalue weighted by atomic mass is 16.6. The Labute approximate surface area is 100 Å². The third-order valence-corrected chi connectivity index (χ3v) is 2.33. The van der Waals surface area contributed by atoms with Crippen molar-refractivity contribution in [2.75, 3.05) is 0 Å². The predicted molar refractivity (Wildman–Crippen MR) is 66.1 cm³/mol. The molecule has 0 saturated heterocycles.